The van der Waals surface area contributed by atoms with Gasteiger partial charge in [0.2, 0.25) is 10.0 Å². The molecule has 214 valence electrons. The van der Waals surface area contributed by atoms with Crippen molar-refractivity contribution in [1.82, 2.24) is 19.0 Å². The number of carbonyl (C=O) groups excluding carboxylic acids is 1. The summed E-state index contributed by atoms with van der Waals surface area (Å²) in [4.78, 5) is 15.7. The highest BCUT2D eigenvalue weighted by molar-refractivity contribution is 8.26. The number of ether oxygens (including phenoxy) is 1. The van der Waals surface area contributed by atoms with Crippen LogP contribution in [-0.4, -0.2) is 63.9 Å². The first-order valence-electron chi connectivity index (χ1n) is 13.1. The van der Waals surface area contributed by atoms with Gasteiger partial charge in [-0.15, -0.1) is 0 Å². The Morgan fingerprint density at radius 2 is 1.74 bits per heavy atom. The van der Waals surface area contributed by atoms with Gasteiger partial charge in [-0.3, -0.25) is 9.69 Å². The highest BCUT2D eigenvalue weighted by atomic mass is 35.5. The molecule has 4 aromatic rings. The monoisotopic (exact) mass is 636 g/mol. The number of benzene rings is 3. The second-order valence-electron chi connectivity index (χ2n) is 9.62. The second-order valence-corrected chi connectivity index (χ2v) is 13.6. The fourth-order valence-corrected chi connectivity index (χ4v) is 7.64. The van der Waals surface area contributed by atoms with Gasteiger partial charge in [0, 0.05) is 35.4 Å². The first-order chi connectivity index (χ1) is 20.3. The van der Waals surface area contributed by atoms with Gasteiger partial charge in [-0.2, -0.15) is 9.40 Å². The lowest BCUT2D eigenvalue weighted by Crippen LogP contribution is -2.40. The molecule has 8 nitrogen and oxygen atoms in total. The SMILES string of the molecule is O=C1C(=Cc2cn(-c3ccccc3)nc2-c2cccc(S(=O)(=O)N3CCOCC3)c2)SC(=S)N1Cc1ccccc1Cl. The van der Waals surface area contributed by atoms with Crippen molar-refractivity contribution in [2.24, 2.45) is 0 Å². The van der Waals surface area contributed by atoms with Gasteiger partial charge in [0.1, 0.15) is 10.0 Å². The fraction of sp³-hybridized carbons (Fsp3) is 0.167. The Hall–Kier alpha value is -3.32. The molecule has 2 fully saturated rings. The smallest absolute Gasteiger partial charge is 0.266 e. The van der Waals surface area contributed by atoms with E-state index in [1.165, 1.54) is 21.0 Å². The maximum Gasteiger partial charge on any atom is 0.266 e. The minimum Gasteiger partial charge on any atom is -0.379 e. The Kier molecular flexibility index (Phi) is 8.30. The third-order valence-corrected chi connectivity index (χ3v) is 10.6. The van der Waals surface area contributed by atoms with Crippen molar-refractivity contribution >= 4 is 61.9 Å². The molecule has 1 aromatic heterocycles. The van der Waals surface area contributed by atoms with Crippen LogP contribution in [0, 0.1) is 0 Å². The zero-order valence-electron chi connectivity index (χ0n) is 22.2. The Balaban J connectivity index is 1.39. The van der Waals surface area contributed by atoms with Crippen LogP contribution in [0.3, 0.4) is 0 Å². The molecule has 0 radical (unpaired) electrons. The molecule has 2 saturated heterocycles. The Morgan fingerprint density at radius 1 is 1.00 bits per heavy atom. The lowest BCUT2D eigenvalue weighted by atomic mass is 10.1. The van der Waals surface area contributed by atoms with E-state index in [9.17, 15) is 13.2 Å². The second kappa shape index (κ2) is 12.1. The van der Waals surface area contributed by atoms with E-state index in [2.05, 4.69) is 0 Å². The number of sulfonamides is 1. The number of halogens is 1. The first-order valence-corrected chi connectivity index (χ1v) is 16.2. The van der Waals surface area contributed by atoms with E-state index >= 15 is 0 Å². The summed E-state index contributed by atoms with van der Waals surface area (Å²) in [5, 5.41) is 5.39. The highest BCUT2D eigenvalue weighted by Gasteiger charge is 2.33. The van der Waals surface area contributed by atoms with Gasteiger partial charge in [-0.25, -0.2) is 13.1 Å². The van der Waals surface area contributed by atoms with Crippen LogP contribution in [0.5, 0.6) is 0 Å². The molecule has 42 heavy (non-hydrogen) atoms. The van der Waals surface area contributed by atoms with Crippen LogP contribution >= 0.6 is 35.6 Å². The molecule has 6 rings (SSSR count). The van der Waals surface area contributed by atoms with E-state index in [0.29, 0.717) is 57.4 Å². The normalized spacial score (nSPS) is 17.4. The molecular formula is C30H25ClN4O4S3. The Morgan fingerprint density at radius 3 is 2.50 bits per heavy atom. The first kappa shape index (κ1) is 28.8. The molecule has 3 aromatic carbocycles. The summed E-state index contributed by atoms with van der Waals surface area (Å²) in [5.74, 6) is -0.230. The third-order valence-electron chi connectivity index (χ3n) is 6.93. The molecule has 3 heterocycles. The van der Waals surface area contributed by atoms with Crippen molar-refractivity contribution < 1.29 is 17.9 Å². The summed E-state index contributed by atoms with van der Waals surface area (Å²) < 4.78 is 35.7. The number of para-hydroxylation sites is 1. The molecule has 0 bridgehead atoms. The van der Waals surface area contributed by atoms with Gasteiger partial charge < -0.3 is 4.74 Å². The number of nitrogens with zero attached hydrogens (tertiary/aromatic N) is 4. The summed E-state index contributed by atoms with van der Waals surface area (Å²) in [6.07, 6.45) is 3.59. The quantitative estimate of drug-likeness (QED) is 0.192. The van der Waals surface area contributed by atoms with Crippen LogP contribution in [-0.2, 0) is 26.1 Å². The predicted molar refractivity (Wildman–Crippen MR) is 169 cm³/mol. The minimum absolute atomic E-state index is 0.174. The maximum absolute atomic E-state index is 13.5. The number of thiocarbonyl (C=S) groups is 1. The van der Waals surface area contributed by atoms with Crippen molar-refractivity contribution in [2.45, 2.75) is 11.4 Å². The number of aromatic nitrogens is 2. The van der Waals surface area contributed by atoms with Crippen molar-refractivity contribution in [3.63, 3.8) is 0 Å². The number of hydrogen-bond donors (Lipinski definition) is 0. The van der Waals surface area contributed by atoms with Gasteiger partial charge >= 0.3 is 0 Å². The molecule has 0 aliphatic carbocycles. The van der Waals surface area contributed by atoms with Crippen LogP contribution in [0.4, 0.5) is 0 Å². The van der Waals surface area contributed by atoms with Gasteiger partial charge in [0.25, 0.3) is 5.91 Å². The number of hydrogen-bond acceptors (Lipinski definition) is 7. The number of thioether (sulfide) groups is 1. The molecule has 1 amide bonds. The minimum atomic E-state index is -3.72. The van der Waals surface area contributed by atoms with E-state index in [1.807, 2.05) is 60.8 Å². The molecule has 0 unspecified atom stereocenters. The van der Waals surface area contributed by atoms with E-state index < -0.39 is 10.0 Å². The molecule has 0 spiro atoms. The van der Waals surface area contributed by atoms with Crippen LogP contribution in [0.1, 0.15) is 11.1 Å². The van der Waals surface area contributed by atoms with Crippen molar-refractivity contribution in [3.05, 3.63) is 106 Å². The Labute approximate surface area is 258 Å². The van der Waals surface area contributed by atoms with Crippen LogP contribution in [0.2, 0.25) is 5.02 Å². The van der Waals surface area contributed by atoms with Gasteiger partial charge in [0.05, 0.1) is 35.2 Å². The summed E-state index contributed by atoms with van der Waals surface area (Å²) in [7, 11) is -3.72. The fourth-order valence-electron chi connectivity index (χ4n) is 4.74. The number of carbonyl (C=O) groups is 1. The zero-order valence-corrected chi connectivity index (χ0v) is 25.4. The third kappa shape index (κ3) is 5.81. The van der Waals surface area contributed by atoms with Crippen molar-refractivity contribution in [3.8, 4) is 16.9 Å². The molecule has 2 aliphatic rings. The summed E-state index contributed by atoms with van der Waals surface area (Å²) in [5.41, 5.74) is 3.42. The van der Waals surface area contributed by atoms with Gasteiger partial charge in [-0.05, 0) is 42.0 Å². The van der Waals surface area contributed by atoms with E-state index in [-0.39, 0.29) is 17.3 Å². The molecule has 0 saturated carbocycles. The van der Waals surface area contributed by atoms with Crippen molar-refractivity contribution in [1.29, 1.82) is 0 Å². The summed E-state index contributed by atoms with van der Waals surface area (Å²) in [6.45, 7) is 1.59. The number of rotatable bonds is 7. The van der Waals surface area contributed by atoms with Crippen LogP contribution in [0.25, 0.3) is 23.0 Å². The topological polar surface area (TPSA) is 84.7 Å². The van der Waals surface area contributed by atoms with Crippen molar-refractivity contribution in [2.75, 3.05) is 26.3 Å². The summed E-state index contributed by atoms with van der Waals surface area (Å²) in [6, 6.07) is 23.7. The number of morpholine rings is 1. The lowest BCUT2D eigenvalue weighted by Gasteiger charge is -2.26. The zero-order chi connectivity index (χ0) is 29.3. The predicted octanol–water partition coefficient (Wildman–Crippen LogP) is 5.62. The number of amides is 1. The Bertz CT molecular complexity index is 1800. The lowest BCUT2D eigenvalue weighted by molar-refractivity contribution is -0.122. The van der Waals surface area contributed by atoms with E-state index in [0.717, 1.165) is 11.3 Å². The standard InChI is InChI=1S/C30H25ClN4O4S3/c31-26-12-5-4-7-22(26)19-34-29(36)27(41-30(34)40)18-23-20-35(24-9-2-1-3-10-24)32-28(23)21-8-6-11-25(17-21)42(37,38)33-13-15-39-16-14-33/h1-12,17-18,20H,13-16,19H2. The van der Waals surface area contributed by atoms with E-state index in [1.54, 1.807) is 35.0 Å². The largest absolute Gasteiger partial charge is 0.379 e. The average Bonchev–Trinajstić information content (AvgIpc) is 3.55. The molecule has 0 atom stereocenters. The maximum atomic E-state index is 13.5. The molecule has 0 N–H and O–H groups in total. The van der Waals surface area contributed by atoms with Gasteiger partial charge in [-0.1, -0.05) is 84.1 Å². The summed E-state index contributed by atoms with van der Waals surface area (Å²) >= 11 is 13.1. The molecule has 2 aliphatic heterocycles. The van der Waals surface area contributed by atoms with E-state index in [4.69, 9.17) is 33.7 Å². The highest BCUT2D eigenvalue weighted by Crippen LogP contribution is 2.36. The average molecular weight is 637 g/mol. The van der Waals surface area contributed by atoms with Gasteiger partial charge in [0.15, 0.2) is 0 Å². The van der Waals surface area contributed by atoms with Crippen LogP contribution < -0.4 is 0 Å². The molecular weight excluding hydrogens is 612 g/mol. The van der Waals surface area contributed by atoms with Crippen LogP contribution in [0.15, 0.2) is 94.9 Å². The molecule has 12 heteroatoms.